The molecule has 0 aliphatic heterocycles. The number of aromatic nitrogens is 2. The Balaban J connectivity index is 1.80. The number of rotatable bonds is 5. The average Bonchev–Trinajstić information content (AvgIpc) is 3.18. The van der Waals surface area contributed by atoms with Crippen LogP contribution < -0.4 is 11.2 Å². The summed E-state index contributed by atoms with van der Waals surface area (Å²) in [6, 6.07) is 17.4. The van der Waals surface area contributed by atoms with Gasteiger partial charge in [0.2, 0.25) is 0 Å². The Morgan fingerprint density at radius 2 is 1.84 bits per heavy atom. The zero-order valence-corrected chi connectivity index (χ0v) is 18.8. The normalized spacial score (nSPS) is 11.6. The van der Waals surface area contributed by atoms with E-state index in [0.29, 0.717) is 11.2 Å². The number of ether oxygens (including phenoxy) is 1. The van der Waals surface area contributed by atoms with Crippen LogP contribution in [-0.4, -0.2) is 22.6 Å². The third-order valence-corrected chi connectivity index (χ3v) is 7.14. The lowest BCUT2D eigenvalue weighted by Gasteiger charge is -2.25. The van der Waals surface area contributed by atoms with Crippen molar-refractivity contribution in [3.8, 4) is 5.69 Å². The number of benzene rings is 2. The summed E-state index contributed by atoms with van der Waals surface area (Å²) >= 11 is 2.71. The molecule has 0 amide bonds. The fourth-order valence-electron chi connectivity index (χ4n) is 3.39. The average molecular weight is 453 g/mol. The highest BCUT2D eigenvalue weighted by Gasteiger charge is 2.23. The van der Waals surface area contributed by atoms with Crippen LogP contribution in [0, 0.1) is 0 Å². The van der Waals surface area contributed by atoms with E-state index in [-0.39, 0.29) is 15.0 Å². The van der Waals surface area contributed by atoms with Crippen molar-refractivity contribution in [3.63, 3.8) is 0 Å². The summed E-state index contributed by atoms with van der Waals surface area (Å²) in [5.41, 5.74) is 0.820. The van der Waals surface area contributed by atoms with Crippen LogP contribution in [0.15, 0.2) is 74.5 Å². The largest absolute Gasteiger partial charge is 0.465 e. The van der Waals surface area contributed by atoms with Gasteiger partial charge in [-0.3, -0.25) is 4.79 Å². The van der Waals surface area contributed by atoms with Crippen LogP contribution in [0.4, 0.5) is 0 Å². The molecule has 0 radical (unpaired) electrons. The second-order valence-electron chi connectivity index (χ2n) is 7.39. The number of nitrogens with zero attached hydrogens (tertiary/aromatic N) is 1. The van der Waals surface area contributed by atoms with Crippen molar-refractivity contribution in [1.82, 2.24) is 9.55 Å². The molecule has 2 heterocycles. The SMILES string of the molecule is COC(=O)c1scc2[nH]c(=O)n(-c3cccc(SC(C)(C)c4ccccc4)c3)c(=O)c12. The summed E-state index contributed by atoms with van der Waals surface area (Å²) in [5, 5.41) is 1.72. The monoisotopic (exact) mass is 452 g/mol. The topological polar surface area (TPSA) is 81.2 Å². The Hall–Kier alpha value is -3.10. The highest BCUT2D eigenvalue weighted by molar-refractivity contribution is 8.00. The molecule has 0 atom stereocenters. The van der Waals surface area contributed by atoms with Gasteiger partial charge in [-0.2, -0.15) is 0 Å². The molecule has 0 saturated heterocycles. The first-order chi connectivity index (χ1) is 14.8. The van der Waals surface area contributed by atoms with Crippen molar-refractivity contribution in [2.24, 2.45) is 0 Å². The van der Waals surface area contributed by atoms with Crippen molar-refractivity contribution >= 4 is 40.0 Å². The Morgan fingerprint density at radius 1 is 1.10 bits per heavy atom. The van der Waals surface area contributed by atoms with Gasteiger partial charge in [0.15, 0.2) is 0 Å². The lowest BCUT2D eigenvalue weighted by molar-refractivity contribution is 0.0608. The zero-order valence-electron chi connectivity index (χ0n) is 17.2. The van der Waals surface area contributed by atoms with E-state index in [0.717, 1.165) is 20.8 Å². The number of thioether (sulfide) groups is 1. The van der Waals surface area contributed by atoms with E-state index in [1.807, 2.05) is 36.4 Å². The number of carbonyl (C=O) groups excluding carboxylic acids is 1. The number of H-pyrrole nitrogens is 1. The number of hydrogen-bond acceptors (Lipinski definition) is 6. The molecule has 2 aromatic heterocycles. The molecule has 0 spiro atoms. The van der Waals surface area contributed by atoms with Gasteiger partial charge in [-0.05, 0) is 37.6 Å². The van der Waals surface area contributed by atoms with Crippen molar-refractivity contribution in [3.05, 3.63) is 91.3 Å². The van der Waals surface area contributed by atoms with Gasteiger partial charge in [0.25, 0.3) is 5.56 Å². The van der Waals surface area contributed by atoms with Crippen molar-refractivity contribution in [2.45, 2.75) is 23.5 Å². The van der Waals surface area contributed by atoms with Gasteiger partial charge in [-0.25, -0.2) is 14.2 Å². The summed E-state index contributed by atoms with van der Waals surface area (Å²) in [5.74, 6) is -0.607. The summed E-state index contributed by atoms with van der Waals surface area (Å²) in [6.45, 7) is 4.25. The summed E-state index contributed by atoms with van der Waals surface area (Å²) in [6.07, 6.45) is 0. The first-order valence-corrected chi connectivity index (χ1v) is 11.2. The number of nitrogens with one attached hydrogen (secondary N) is 1. The molecule has 2 aromatic carbocycles. The molecule has 0 fully saturated rings. The maximum atomic E-state index is 13.2. The Labute approximate surface area is 186 Å². The number of aromatic amines is 1. The van der Waals surface area contributed by atoms with Crippen LogP contribution in [0.2, 0.25) is 0 Å². The molecule has 0 aliphatic rings. The van der Waals surface area contributed by atoms with Crippen LogP contribution in [-0.2, 0) is 9.48 Å². The van der Waals surface area contributed by atoms with E-state index >= 15 is 0 Å². The molecule has 158 valence electrons. The summed E-state index contributed by atoms with van der Waals surface area (Å²) in [4.78, 5) is 41.8. The first-order valence-electron chi connectivity index (χ1n) is 9.51. The standard InChI is InChI=1S/C23H20N2O4S2/c1-23(2,14-8-5-4-6-9-14)31-16-11-7-10-15(12-16)25-20(26)18-17(24-22(25)28)13-30-19(18)21(27)29-3/h4-13H,1-3H3,(H,24,28). The second-order valence-corrected chi connectivity index (χ2v) is 9.97. The third-order valence-electron chi connectivity index (χ3n) is 4.94. The predicted molar refractivity (Wildman–Crippen MR) is 125 cm³/mol. The van der Waals surface area contributed by atoms with E-state index in [1.54, 1.807) is 23.2 Å². The van der Waals surface area contributed by atoms with Crippen LogP contribution >= 0.6 is 23.1 Å². The number of hydrogen-bond donors (Lipinski definition) is 1. The molecule has 4 rings (SSSR count). The van der Waals surface area contributed by atoms with Gasteiger partial charge >= 0.3 is 11.7 Å². The van der Waals surface area contributed by atoms with Crippen LogP contribution in [0.5, 0.6) is 0 Å². The molecular formula is C23H20N2O4S2. The predicted octanol–water partition coefficient (Wildman–Crippen LogP) is 4.55. The first kappa shape index (κ1) is 21.1. The fraction of sp³-hybridized carbons (Fsp3) is 0.174. The van der Waals surface area contributed by atoms with Crippen molar-refractivity contribution in [2.75, 3.05) is 7.11 Å². The molecule has 6 nitrogen and oxygen atoms in total. The van der Waals surface area contributed by atoms with E-state index in [4.69, 9.17) is 4.74 Å². The van der Waals surface area contributed by atoms with Crippen molar-refractivity contribution < 1.29 is 9.53 Å². The van der Waals surface area contributed by atoms with Crippen molar-refractivity contribution in [1.29, 1.82) is 0 Å². The minimum Gasteiger partial charge on any atom is -0.465 e. The number of carbonyl (C=O) groups is 1. The molecule has 31 heavy (non-hydrogen) atoms. The highest BCUT2D eigenvalue weighted by atomic mass is 32.2. The molecule has 8 heteroatoms. The Kier molecular flexibility index (Phi) is 5.60. The Bertz CT molecular complexity index is 1380. The minimum absolute atomic E-state index is 0.152. The van der Waals surface area contributed by atoms with Crippen LogP contribution in [0.1, 0.15) is 29.1 Å². The molecule has 0 saturated carbocycles. The fourth-order valence-corrected chi connectivity index (χ4v) is 5.47. The van der Waals surface area contributed by atoms with Gasteiger partial charge in [0, 0.05) is 15.0 Å². The van der Waals surface area contributed by atoms with Gasteiger partial charge in [0.1, 0.15) is 4.88 Å². The van der Waals surface area contributed by atoms with Crippen LogP contribution in [0.25, 0.3) is 16.6 Å². The van der Waals surface area contributed by atoms with E-state index in [9.17, 15) is 14.4 Å². The maximum Gasteiger partial charge on any atom is 0.348 e. The Morgan fingerprint density at radius 3 is 2.55 bits per heavy atom. The number of methoxy groups -OCH3 is 1. The van der Waals surface area contributed by atoms with Gasteiger partial charge in [0.05, 0.1) is 23.7 Å². The van der Waals surface area contributed by atoms with E-state index in [2.05, 4.69) is 31.0 Å². The number of thiophene rings is 1. The van der Waals surface area contributed by atoms with E-state index < -0.39 is 17.2 Å². The number of esters is 1. The smallest absolute Gasteiger partial charge is 0.348 e. The lowest BCUT2D eigenvalue weighted by atomic mass is 10.0. The molecule has 4 aromatic rings. The highest BCUT2D eigenvalue weighted by Crippen LogP contribution is 2.41. The molecule has 0 unspecified atom stereocenters. The minimum atomic E-state index is -0.607. The van der Waals surface area contributed by atoms with Crippen LogP contribution in [0.3, 0.4) is 0 Å². The van der Waals surface area contributed by atoms with E-state index in [1.165, 1.54) is 12.7 Å². The summed E-state index contributed by atoms with van der Waals surface area (Å²) < 4.78 is 5.62. The van der Waals surface area contributed by atoms with Gasteiger partial charge < -0.3 is 9.72 Å². The molecule has 0 bridgehead atoms. The quantitative estimate of drug-likeness (QED) is 0.355. The molecule has 1 N–H and O–H groups in total. The lowest BCUT2D eigenvalue weighted by Crippen LogP contribution is -2.33. The number of fused-ring (bicyclic) bond motifs is 1. The zero-order chi connectivity index (χ0) is 22.2. The van der Waals surface area contributed by atoms with Gasteiger partial charge in [-0.1, -0.05) is 36.4 Å². The summed E-state index contributed by atoms with van der Waals surface area (Å²) in [7, 11) is 1.26. The molecular weight excluding hydrogens is 432 g/mol. The maximum absolute atomic E-state index is 13.2. The van der Waals surface area contributed by atoms with Gasteiger partial charge in [-0.15, -0.1) is 23.1 Å². The molecule has 0 aliphatic carbocycles. The third kappa shape index (κ3) is 3.96. The second kappa shape index (κ2) is 8.20.